The van der Waals surface area contributed by atoms with E-state index in [1.54, 1.807) is 0 Å². The van der Waals surface area contributed by atoms with Gasteiger partial charge < -0.3 is 14.7 Å². The first-order valence-electron chi connectivity index (χ1n) is 10.9. The van der Waals surface area contributed by atoms with Crippen LogP contribution < -0.4 is 9.64 Å². The number of pyridine rings is 1. The van der Waals surface area contributed by atoms with Crippen molar-refractivity contribution in [1.82, 2.24) is 9.88 Å². The van der Waals surface area contributed by atoms with Gasteiger partial charge in [0.2, 0.25) is 0 Å². The zero-order valence-corrected chi connectivity index (χ0v) is 17.5. The summed E-state index contributed by atoms with van der Waals surface area (Å²) in [6, 6.07) is 26.5. The molecule has 5 heteroatoms. The summed E-state index contributed by atoms with van der Waals surface area (Å²) in [5.74, 6) is 0.800. The molecule has 5 nitrogen and oxygen atoms in total. The van der Waals surface area contributed by atoms with E-state index in [1.807, 2.05) is 54.6 Å². The van der Waals surface area contributed by atoms with Crippen LogP contribution in [0.3, 0.4) is 0 Å². The molecule has 0 amide bonds. The van der Waals surface area contributed by atoms with Crippen LogP contribution >= 0.6 is 0 Å². The molecule has 1 aromatic heterocycles. The summed E-state index contributed by atoms with van der Waals surface area (Å²) in [4.78, 5) is 9.45. The Balaban J connectivity index is 1.23. The number of para-hydroxylation sites is 3. The minimum atomic E-state index is -0.547. The SMILES string of the molecule is O[C@H](COc1c2ccccc2nc2ccccc12)CN1CCN(c2ccccc2)CC1. The van der Waals surface area contributed by atoms with Crippen LogP contribution in [0.2, 0.25) is 0 Å². The summed E-state index contributed by atoms with van der Waals surface area (Å²) in [6.45, 7) is 4.69. The number of aliphatic hydroxyl groups is 1. The molecule has 2 heterocycles. The number of β-amino-alcohol motifs (C(OH)–C–C–N with tert-alkyl or cyclic N) is 1. The van der Waals surface area contributed by atoms with E-state index < -0.39 is 6.10 Å². The van der Waals surface area contributed by atoms with E-state index in [-0.39, 0.29) is 6.61 Å². The summed E-state index contributed by atoms with van der Waals surface area (Å²) >= 11 is 0. The molecule has 1 saturated heterocycles. The van der Waals surface area contributed by atoms with Gasteiger partial charge >= 0.3 is 0 Å². The standard InChI is InChI=1S/C26H27N3O2/c30-21(18-28-14-16-29(17-15-28)20-8-2-1-3-9-20)19-31-26-22-10-4-6-12-24(22)27-25-13-7-5-11-23(25)26/h1-13,21,30H,14-19H2/t21-/m0/s1. The number of anilines is 1. The molecule has 0 unspecified atom stereocenters. The molecule has 4 aromatic rings. The van der Waals surface area contributed by atoms with Gasteiger partial charge in [0, 0.05) is 49.2 Å². The molecule has 31 heavy (non-hydrogen) atoms. The molecule has 3 aromatic carbocycles. The number of ether oxygens (including phenoxy) is 1. The van der Waals surface area contributed by atoms with Gasteiger partial charge in [0.15, 0.2) is 0 Å². The van der Waals surface area contributed by atoms with Gasteiger partial charge in [-0.05, 0) is 36.4 Å². The Kier molecular flexibility index (Phi) is 5.69. The van der Waals surface area contributed by atoms with Crippen LogP contribution in [-0.4, -0.2) is 60.4 Å². The van der Waals surface area contributed by atoms with E-state index in [1.165, 1.54) is 5.69 Å². The maximum Gasteiger partial charge on any atom is 0.138 e. The minimum Gasteiger partial charge on any atom is -0.489 e. The fourth-order valence-corrected chi connectivity index (χ4v) is 4.31. The van der Waals surface area contributed by atoms with Gasteiger partial charge in [0.25, 0.3) is 0 Å². The zero-order chi connectivity index (χ0) is 21.0. The van der Waals surface area contributed by atoms with Crippen LogP contribution in [-0.2, 0) is 0 Å². The molecule has 0 bridgehead atoms. The summed E-state index contributed by atoms with van der Waals surface area (Å²) in [6.07, 6.45) is -0.547. The molecule has 0 saturated carbocycles. The predicted molar refractivity (Wildman–Crippen MR) is 126 cm³/mol. The van der Waals surface area contributed by atoms with Crippen molar-refractivity contribution in [3.8, 4) is 5.75 Å². The number of rotatable bonds is 6. The van der Waals surface area contributed by atoms with Crippen LogP contribution in [0, 0.1) is 0 Å². The third-order valence-corrected chi connectivity index (χ3v) is 5.92. The zero-order valence-electron chi connectivity index (χ0n) is 17.5. The van der Waals surface area contributed by atoms with Crippen molar-refractivity contribution < 1.29 is 9.84 Å². The first-order valence-corrected chi connectivity index (χ1v) is 10.9. The van der Waals surface area contributed by atoms with Crippen molar-refractivity contribution >= 4 is 27.5 Å². The number of aliphatic hydroxyl groups excluding tert-OH is 1. The van der Waals surface area contributed by atoms with Crippen LogP contribution in [0.1, 0.15) is 0 Å². The molecule has 1 N–H and O–H groups in total. The average molecular weight is 414 g/mol. The van der Waals surface area contributed by atoms with Crippen LogP contribution in [0.4, 0.5) is 5.69 Å². The second-order valence-electron chi connectivity index (χ2n) is 8.06. The quantitative estimate of drug-likeness (QED) is 0.485. The highest BCUT2D eigenvalue weighted by molar-refractivity contribution is 6.00. The molecule has 1 fully saturated rings. The number of hydrogen-bond donors (Lipinski definition) is 1. The van der Waals surface area contributed by atoms with Crippen molar-refractivity contribution in [2.24, 2.45) is 0 Å². The van der Waals surface area contributed by atoms with E-state index in [0.717, 1.165) is 53.7 Å². The van der Waals surface area contributed by atoms with E-state index in [4.69, 9.17) is 9.72 Å². The van der Waals surface area contributed by atoms with E-state index >= 15 is 0 Å². The minimum absolute atomic E-state index is 0.261. The van der Waals surface area contributed by atoms with Crippen LogP contribution in [0.5, 0.6) is 5.75 Å². The summed E-state index contributed by atoms with van der Waals surface area (Å²) < 4.78 is 6.20. The van der Waals surface area contributed by atoms with Gasteiger partial charge in [-0.15, -0.1) is 0 Å². The van der Waals surface area contributed by atoms with Crippen molar-refractivity contribution in [2.75, 3.05) is 44.2 Å². The van der Waals surface area contributed by atoms with Crippen LogP contribution in [0.25, 0.3) is 21.8 Å². The van der Waals surface area contributed by atoms with Gasteiger partial charge in [-0.2, -0.15) is 0 Å². The molecule has 0 radical (unpaired) electrons. The van der Waals surface area contributed by atoms with Crippen molar-refractivity contribution in [3.05, 3.63) is 78.9 Å². The maximum absolute atomic E-state index is 10.7. The van der Waals surface area contributed by atoms with Gasteiger partial charge in [-0.3, -0.25) is 4.90 Å². The Hall–Kier alpha value is -3.15. The number of nitrogens with zero attached hydrogens (tertiary/aromatic N) is 3. The average Bonchev–Trinajstić information content (AvgIpc) is 2.83. The van der Waals surface area contributed by atoms with E-state index in [0.29, 0.717) is 6.54 Å². The lowest BCUT2D eigenvalue weighted by Gasteiger charge is -2.36. The first-order chi connectivity index (χ1) is 15.3. The Morgan fingerprint density at radius 3 is 2.00 bits per heavy atom. The molecule has 158 valence electrons. The summed E-state index contributed by atoms with van der Waals surface area (Å²) in [7, 11) is 0. The normalized spacial score (nSPS) is 16.0. The summed E-state index contributed by atoms with van der Waals surface area (Å²) in [5, 5.41) is 12.6. The van der Waals surface area contributed by atoms with Crippen molar-refractivity contribution in [1.29, 1.82) is 0 Å². The highest BCUT2D eigenvalue weighted by Crippen LogP contribution is 2.32. The number of piperazine rings is 1. The lowest BCUT2D eigenvalue weighted by Crippen LogP contribution is -2.49. The lowest BCUT2D eigenvalue weighted by molar-refractivity contribution is 0.0673. The van der Waals surface area contributed by atoms with Crippen molar-refractivity contribution in [3.63, 3.8) is 0 Å². The highest BCUT2D eigenvalue weighted by atomic mass is 16.5. The third-order valence-electron chi connectivity index (χ3n) is 5.92. The number of benzene rings is 3. The molecular weight excluding hydrogens is 386 g/mol. The molecule has 0 aliphatic carbocycles. The van der Waals surface area contributed by atoms with Gasteiger partial charge in [0.05, 0.1) is 11.0 Å². The van der Waals surface area contributed by atoms with Gasteiger partial charge in [0.1, 0.15) is 18.5 Å². The Labute approximate surface area is 182 Å². The molecule has 1 aliphatic rings. The number of aromatic nitrogens is 1. The topological polar surface area (TPSA) is 48.8 Å². The summed E-state index contributed by atoms with van der Waals surface area (Å²) in [5.41, 5.74) is 3.08. The second kappa shape index (κ2) is 8.92. The molecule has 5 rings (SSSR count). The van der Waals surface area contributed by atoms with Gasteiger partial charge in [-0.1, -0.05) is 42.5 Å². The van der Waals surface area contributed by atoms with Crippen LogP contribution in [0.15, 0.2) is 78.9 Å². The first kappa shape index (κ1) is 19.8. The lowest BCUT2D eigenvalue weighted by atomic mass is 10.1. The fraction of sp³-hybridized carbons (Fsp3) is 0.269. The van der Waals surface area contributed by atoms with E-state index in [2.05, 4.69) is 34.1 Å². The Morgan fingerprint density at radius 1 is 0.774 bits per heavy atom. The third kappa shape index (κ3) is 4.33. The monoisotopic (exact) mass is 413 g/mol. The van der Waals surface area contributed by atoms with Gasteiger partial charge in [-0.25, -0.2) is 4.98 Å². The molecule has 1 aliphatic heterocycles. The number of hydrogen-bond acceptors (Lipinski definition) is 5. The van der Waals surface area contributed by atoms with E-state index in [9.17, 15) is 5.11 Å². The predicted octanol–water partition coefficient (Wildman–Crippen LogP) is 3.95. The largest absolute Gasteiger partial charge is 0.489 e. The van der Waals surface area contributed by atoms with Crippen molar-refractivity contribution in [2.45, 2.75) is 6.10 Å². The maximum atomic E-state index is 10.7. The molecular formula is C26H27N3O2. The molecule has 0 spiro atoms. The Bertz CT molecular complexity index is 1100. The fourth-order valence-electron chi connectivity index (χ4n) is 4.31. The highest BCUT2D eigenvalue weighted by Gasteiger charge is 2.20. The smallest absolute Gasteiger partial charge is 0.138 e. The molecule has 1 atom stereocenters. The Morgan fingerprint density at radius 2 is 1.35 bits per heavy atom. The second-order valence-corrected chi connectivity index (χ2v) is 8.06. The number of fused-ring (bicyclic) bond motifs is 2.